The number of rotatable bonds is 7. The first-order valence-corrected chi connectivity index (χ1v) is 8.43. The van der Waals surface area contributed by atoms with Crippen LogP contribution in [0.1, 0.15) is 19.1 Å². The Morgan fingerprint density at radius 3 is 2.79 bits per heavy atom. The lowest BCUT2D eigenvalue weighted by Gasteiger charge is -2.20. The number of hydrazone groups is 1. The van der Waals surface area contributed by atoms with E-state index < -0.39 is 10.7 Å². The zero-order valence-electron chi connectivity index (χ0n) is 15.3. The van der Waals surface area contributed by atoms with Crippen molar-refractivity contribution in [3.8, 4) is 17.1 Å². The number of hydrogen-bond acceptors (Lipinski definition) is 8. The zero-order chi connectivity index (χ0) is 20.1. The van der Waals surface area contributed by atoms with Gasteiger partial charge >= 0.3 is 0 Å². The quantitative estimate of drug-likeness (QED) is 0.438. The lowest BCUT2D eigenvalue weighted by molar-refractivity contribution is -0.384. The third kappa shape index (κ3) is 4.53. The lowest BCUT2D eigenvalue weighted by Crippen LogP contribution is -2.33. The average molecular weight is 389 g/mol. The highest BCUT2D eigenvalue weighted by molar-refractivity contribution is 5.81. The smallest absolute Gasteiger partial charge is 0.273 e. The number of amides is 1. The summed E-state index contributed by atoms with van der Waals surface area (Å²) in [7, 11) is 1.42. The van der Waals surface area contributed by atoms with Crippen molar-refractivity contribution in [2.45, 2.75) is 19.1 Å². The molecule has 1 N–H and O–H groups in total. The molecule has 0 unspecified atom stereocenters. The molecule has 1 aliphatic heterocycles. The van der Waals surface area contributed by atoms with Crippen molar-refractivity contribution < 1.29 is 28.3 Å². The first-order valence-electron chi connectivity index (χ1n) is 8.43. The fourth-order valence-corrected chi connectivity index (χ4v) is 2.72. The minimum Gasteiger partial charge on any atom is -0.496 e. The highest BCUT2D eigenvalue weighted by Gasteiger charge is 2.33. The summed E-state index contributed by atoms with van der Waals surface area (Å²) < 4.78 is 21.6. The van der Waals surface area contributed by atoms with Crippen LogP contribution in [0.4, 0.5) is 5.69 Å². The summed E-state index contributed by atoms with van der Waals surface area (Å²) in [6.45, 7) is 2.60. The number of carbonyl (C=O) groups excluding carboxylic acids is 1. The van der Waals surface area contributed by atoms with Gasteiger partial charge in [-0.1, -0.05) is 0 Å². The van der Waals surface area contributed by atoms with E-state index in [1.165, 1.54) is 25.5 Å². The Hall–Kier alpha value is -3.24. The molecule has 1 amide bonds. The van der Waals surface area contributed by atoms with Crippen LogP contribution in [0.25, 0.3) is 11.3 Å². The molecule has 28 heavy (non-hydrogen) atoms. The highest BCUT2D eigenvalue weighted by Crippen LogP contribution is 2.34. The Morgan fingerprint density at radius 2 is 2.11 bits per heavy atom. The number of nitro groups is 1. The van der Waals surface area contributed by atoms with Gasteiger partial charge in [-0.2, -0.15) is 5.10 Å². The number of carbonyl (C=O) groups is 1. The Kier molecular flexibility index (Phi) is 5.71. The summed E-state index contributed by atoms with van der Waals surface area (Å²) in [5, 5.41) is 14.7. The van der Waals surface area contributed by atoms with E-state index in [2.05, 4.69) is 10.5 Å². The summed E-state index contributed by atoms with van der Waals surface area (Å²) >= 11 is 0. The molecule has 1 aromatic carbocycles. The van der Waals surface area contributed by atoms with Gasteiger partial charge in [0, 0.05) is 6.07 Å². The molecular formula is C18H19N3O7. The fourth-order valence-electron chi connectivity index (χ4n) is 2.72. The van der Waals surface area contributed by atoms with E-state index in [1.807, 2.05) is 0 Å². The van der Waals surface area contributed by atoms with E-state index in [9.17, 15) is 14.9 Å². The molecule has 1 saturated heterocycles. The molecule has 1 aromatic heterocycles. The molecule has 0 radical (unpaired) electrons. The van der Waals surface area contributed by atoms with Crippen LogP contribution in [0.15, 0.2) is 39.9 Å². The van der Waals surface area contributed by atoms with Crippen molar-refractivity contribution in [2.75, 3.05) is 20.3 Å². The van der Waals surface area contributed by atoms with Gasteiger partial charge in [0.25, 0.3) is 5.69 Å². The molecule has 1 aliphatic rings. The number of nitro benzene ring substituents is 1. The van der Waals surface area contributed by atoms with Gasteiger partial charge in [0.2, 0.25) is 5.91 Å². The second kappa shape index (κ2) is 8.19. The van der Waals surface area contributed by atoms with Gasteiger partial charge < -0.3 is 18.6 Å². The van der Waals surface area contributed by atoms with Gasteiger partial charge in [-0.25, -0.2) is 5.43 Å². The number of hydrogen-bond donors (Lipinski definition) is 1. The van der Waals surface area contributed by atoms with Gasteiger partial charge in [0.1, 0.15) is 17.3 Å². The maximum Gasteiger partial charge on any atom is 0.273 e. The standard InChI is InChI=1S/C18H19N3O7/c1-18(26-7-8-27-18)10-17(22)20-19-11-13-4-6-15(28-13)14-5-3-12(21(23)24)9-16(14)25-2/h3-6,9,11H,7-8,10H2,1-2H3,(H,20,22)/b19-11-. The number of nitrogens with zero attached hydrogens (tertiary/aromatic N) is 2. The molecule has 0 atom stereocenters. The van der Waals surface area contributed by atoms with E-state index in [0.717, 1.165) is 0 Å². The van der Waals surface area contributed by atoms with Gasteiger partial charge in [-0.05, 0) is 25.1 Å². The Morgan fingerprint density at radius 1 is 1.36 bits per heavy atom. The largest absolute Gasteiger partial charge is 0.496 e. The van der Waals surface area contributed by atoms with E-state index in [4.69, 9.17) is 18.6 Å². The molecule has 10 nitrogen and oxygen atoms in total. The van der Waals surface area contributed by atoms with Gasteiger partial charge in [0.15, 0.2) is 5.79 Å². The fraction of sp³-hybridized carbons (Fsp3) is 0.333. The molecule has 10 heteroatoms. The summed E-state index contributed by atoms with van der Waals surface area (Å²) in [5.74, 6) is -0.145. The number of furan rings is 1. The topological polar surface area (TPSA) is 125 Å². The van der Waals surface area contributed by atoms with Gasteiger partial charge in [-0.15, -0.1) is 0 Å². The van der Waals surface area contributed by atoms with E-state index >= 15 is 0 Å². The lowest BCUT2D eigenvalue weighted by atomic mass is 10.1. The van der Waals surface area contributed by atoms with E-state index in [-0.39, 0.29) is 18.0 Å². The predicted molar refractivity (Wildman–Crippen MR) is 98.0 cm³/mol. The Bertz CT molecular complexity index is 900. The van der Waals surface area contributed by atoms with Crippen molar-refractivity contribution in [1.82, 2.24) is 5.43 Å². The predicted octanol–water partition coefficient (Wildman–Crippen LogP) is 2.47. The monoisotopic (exact) mass is 389 g/mol. The van der Waals surface area contributed by atoms with E-state index in [0.29, 0.717) is 36.0 Å². The highest BCUT2D eigenvalue weighted by atomic mass is 16.7. The molecular weight excluding hydrogens is 370 g/mol. The molecule has 2 aromatic rings. The van der Waals surface area contributed by atoms with Crippen LogP contribution in [0, 0.1) is 10.1 Å². The number of ether oxygens (including phenoxy) is 3. The molecule has 0 saturated carbocycles. The van der Waals surface area contributed by atoms with Crippen LogP contribution in [-0.2, 0) is 14.3 Å². The van der Waals surface area contributed by atoms with Crippen LogP contribution in [0.3, 0.4) is 0 Å². The average Bonchev–Trinajstić information content (AvgIpc) is 3.30. The maximum atomic E-state index is 11.9. The minimum absolute atomic E-state index is 0.0216. The molecule has 1 fully saturated rings. The SMILES string of the molecule is COc1cc([N+](=O)[O-])ccc1-c1ccc(/C=N\NC(=O)CC2(C)OCCO2)o1. The molecule has 0 spiro atoms. The second-order valence-electron chi connectivity index (χ2n) is 6.14. The molecule has 148 valence electrons. The number of non-ortho nitro benzene ring substituents is 1. The van der Waals surface area contributed by atoms with Gasteiger partial charge in [0.05, 0.1) is 49.5 Å². The first-order chi connectivity index (χ1) is 13.4. The third-order valence-corrected chi connectivity index (χ3v) is 4.05. The molecule has 0 bridgehead atoms. The number of benzene rings is 1. The van der Waals surface area contributed by atoms with Crippen molar-refractivity contribution in [3.05, 3.63) is 46.2 Å². The third-order valence-electron chi connectivity index (χ3n) is 4.05. The van der Waals surface area contributed by atoms with Crippen molar-refractivity contribution in [1.29, 1.82) is 0 Å². The minimum atomic E-state index is -0.927. The second-order valence-corrected chi connectivity index (χ2v) is 6.14. The molecule has 3 rings (SSSR count). The summed E-state index contributed by atoms with van der Waals surface area (Å²) in [6, 6.07) is 7.55. The Balaban J connectivity index is 1.65. The van der Waals surface area contributed by atoms with Crippen molar-refractivity contribution in [2.24, 2.45) is 5.10 Å². The van der Waals surface area contributed by atoms with Crippen LogP contribution in [0.5, 0.6) is 5.75 Å². The van der Waals surface area contributed by atoms with Crippen LogP contribution in [0.2, 0.25) is 0 Å². The summed E-state index contributed by atoms with van der Waals surface area (Å²) in [4.78, 5) is 22.3. The molecule has 0 aliphatic carbocycles. The van der Waals surface area contributed by atoms with E-state index in [1.54, 1.807) is 25.1 Å². The van der Waals surface area contributed by atoms with Crippen molar-refractivity contribution >= 4 is 17.8 Å². The number of methoxy groups -OCH3 is 1. The summed E-state index contributed by atoms with van der Waals surface area (Å²) in [6.07, 6.45) is 1.37. The van der Waals surface area contributed by atoms with Gasteiger partial charge in [-0.3, -0.25) is 14.9 Å². The Labute approximate surface area is 160 Å². The van der Waals surface area contributed by atoms with Crippen molar-refractivity contribution in [3.63, 3.8) is 0 Å². The van der Waals surface area contributed by atoms with Crippen LogP contribution >= 0.6 is 0 Å². The van der Waals surface area contributed by atoms with Crippen LogP contribution in [-0.4, -0.2) is 43.2 Å². The summed E-state index contributed by atoms with van der Waals surface area (Å²) in [5.41, 5.74) is 2.86. The number of nitrogens with one attached hydrogen (secondary N) is 1. The zero-order valence-corrected chi connectivity index (χ0v) is 15.3. The van der Waals surface area contributed by atoms with Crippen LogP contribution < -0.4 is 10.2 Å². The first kappa shape index (κ1) is 19.5. The molecule has 2 heterocycles. The maximum absolute atomic E-state index is 11.9. The normalized spacial score (nSPS) is 15.6.